The van der Waals surface area contributed by atoms with E-state index in [0.29, 0.717) is 0 Å². The highest BCUT2D eigenvalue weighted by Gasteiger charge is 2.21. The van der Waals surface area contributed by atoms with Crippen molar-refractivity contribution < 1.29 is 4.42 Å². The fourth-order valence-corrected chi connectivity index (χ4v) is 8.71. The molecule has 0 radical (unpaired) electrons. The van der Waals surface area contributed by atoms with E-state index in [2.05, 4.69) is 187 Å². The lowest BCUT2D eigenvalue weighted by Crippen LogP contribution is -2.10. The molecule has 51 heavy (non-hydrogen) atoms. The Morgan fingerprint density at radius 1 is 0.392 bits per heavy atom. The Kier molecular flexibility index (Phi) is 7.04. The molecule has 10 aromatic rings. The topological polar surface area (TPSA) is 16.4 Å². The number of nitrogens with zero attached hydrogens (tertiary/aromatic N) is 1. The standard InChI is InChI=1S/C48H31NOS/c1-3-13-32(14-4-1)35-29-36(33-15-5-2-6-16-33)31-38(30-35)49(43-21-12-23-45-47(43)42-18-7-9-22-44(42)50-45)37-27-25-34(26-28-37)39-19-11-20-41-40-17-8-10-24-46(40)51-48(39)41/h1-31H. The minimum Gasteiger partial charge on any atom is -0.456 e. The van der Waals surface area contributed by atoms with Gasteiger partial charge in [-0.25, -0.2) is 0 Å². The number of anilines is 3. The van der Waals surface area contributed by atoms with Crippen molar-refractivity contribution in [2.75, 3.05) is 4.90 Å². The second-order valence-electron chi connectivity index (χ2n) is 12.9. The van der Waals surface area contributed by atoms with Crippen LogP contribution < -0.4 is 4.90 Å². The van der Waals surface area contributed by atoms with Crippen molar-refractivity contribution in [1.29, 1.82) is 0 Å². The van der Waals surface area contributed by atoms with Gasteiger partial charge in [-0.1, -0.05) is 133 Å². The normalized spacial score (nSPS) is 11.5. The van der Waals surface area contributed by atoms with Gasteiger partial charge >= 0.3 is 0 Å². The van der Waals surface area contributed by atoms with E-state index in [0.717, 1.165) is 50.1 Å². The molecule has 0 aliphatic heterocycles. The molecule has 0 saturated carbocycles. The molecule has 240 valence electrons. The summed E-state index contributed by atoms with van der Waals surface area (Å²) in [7, 11) is 0. The van der Waals surface area contributed by atoms with Gasteiger partial charge in [0.2, 0.25) is 0 Å². The third-order valence-electron chi connectivity index (χ3n) is 9.85. The quantitative estimate of drug-likeness (QED) is 0.175. The molecular weight excluding hydrogens is 639 g/mol. The van der Waals surface area contributed by atoms with Gasteiger partial charge in [-0.15, -0.1) is 11.3 Å². The highest BCUT2D eigenvalue weighted by atomic mass is 32.1. The Hall–Kier alpha value is -6.42. The SMILES string of the molecule is c1ccc(-c2cc(-c3ccccc3)cc(N(c3ccc(-c4cccc5c4sc4ccccc45)cc3)c3cccc4oc5ccccc5c34)c2)cc1. The lowest BCUT2D eigenvalue weighted by Gasteiger charge is -2.28. The maximum Gasteiger partial charge on any atom is 0.137 e. The smallest absolute Gasteiger partial charge is 0.137 e. The lowest BCUT2D eigenvalue weighted by atomic mass is 9.97. The minimum absolute atomic E-state index is 0.870. The number of para-hydroxylation sites is 1. The number of rotatable bonds is 6. The second kappa shape index (κ2) is 12.2. The van der Waals surface area contributed by atoms with Crippen LogP contribution >= 0.6 is 11.3 Å². The average molecular weight is 670 g/mol. The van der Waals surface area contributed by atoms with Gasteiger partial charge in [-0.05, 0) is 88.0 Å². The summed E-state index contributed by atoms with van der Waals surface area (Å²) in [6.45, 7) is 0. The summed E-state index contributed by atoms with van der Waals surface area (Å²) < 4.78 is 9.05. The molecule has 2 heterocycles. The molecular formula is C48H31NOS. The first-order valence-electron chi connectivity index (χ1n) is 17.3. The summed E-state index contributed by atoms with van der Waals surface area (Å²) in [6.07, 6.45) is 0. The van der Waals surface area contributed by atoms with Gasteiger partial charge in [-0.3, -0.25) is 0 Å². The van der Waals surface area contributed by atoms with Gasteiger partial charge in [-0.2, -0.15) is 0 Å². The van der Waals surface area contributed by atoms with Crippen LogP contribution in [0.25, 0.3) is 75.5 Å². The number of benzene rings is 8. The van der Waals surface area contributed by atoms with E-state index >= 15 is 0 Å². The largest absolute Gasteiger partial charge is 0.456 e. The molecule has 0 unspecified atom stereocenters. The van der Waals surface area contributed by atoms with Crippen LogP contribution in [0.2, 0.25) is 0 Å². The molecule has 2 nitrogen and oxygen atoms in total. The van der Waals surface area contributed by atoms with E-state index in [1.54, 1.807) is 0 Å². The van der Waals surface area contributed by atoms with E-state index in [-0.39, 0.29) is 0 Å². The molecule has 8 aromatic carbocycles. The molecule has 0 bridgehead atoms. The van der Waals surface area contributed by atoms with Crippen molar-refractivity contribution in [3.8, 4) is 33.4 Å². The predicted octanol–water partition coefficient (Wildman–Crippen LogP) is 14.4. The maximum absolute atomic E-state index is 6.42. The number of thiophene rings is 1. The maximum atomic E-state index is 6.42. The van der Waals surface area contributed by atoms with Crippen molar-refractivity contribution in [2.24, 2.45) is 0 Å². The number of hydrogen-bond donors (Lipinski definition) is 0. The fourth-order valence-electron chi connectivity index (χ4n) is 7.47. The first-order valence-corrected chi connectivity index (χ1v) is 18.1. The monoisotopic (exact) mass is 669 g/mol. The molecule has 0 atom stereocenters. The summed E-state index contributed by atoms with van der Waals surface area (Å²) in [6, 6.07) is 67.4. The summed E-state index contributed by atoms with van der Waals surface area (Å²) in [5, 5.41) is 4.82. The Balaban J connectivity index is 1.20. The molecule has 0 aliphatic rings. The molecule has 0 saturated heterocycles. The van der Waals surface area contributed by atoms with Crippen molar-refractivity contribution >= 4 is 70.5 Å². The number of furan rings is 1. The van der Waals surface area contributed by atoms with Crippen LogP contribution in [0.3, 0.4) is 0 Å². The summed E-state index contributed by atoms with van der Waals surface area (Å²) in [4.78, 5) is 2.40. The van der Waals surface area contributed by atoms with Gasteiger partial charge in [0.1, 0.15) is 11.2 Å². The van der Waals surface area contributed by atoms with E-state index in [1.807, 2.05) is 17.4 Å². The summed E-state index contributed by atoms with van der Waals surface area (Å²) in [5.74, 6) is 0. The van der Waals surface area contributed by atoms with Crippen LogP contribution in [-0.2, 0) is 0 Å². The first kappa shape index (κ1) is 29.5. The Morgan fingerprint density at radius 3 is 1.75 bits per heavy atom. The van der Waals surface area contributed by atoms with Crippen LogP contribution in [0.15, 0.2) is 192 Å². The average Bonchev–Trinajstić information content (AvgIpc) is 3.78. The Morgan fingerprint density at radius 2 is 1.00 bits per heavy atom. The molecule has 0 N–H and O–H groups in total. The van der Waals surface area contributed by atoms with Gasteiger partial charge in [0, 0.05) is 36.9 Å². The number of hydrogen-bond acceptors (Lipinski definition) is 3. The van der Waals surface area contributed by atoms with E-state index in [9.17, 15) is 0 Å². The van der Waals surface area contributed by atoms with Gasteiger partial charge in [0.25, 0.3) is 0 Å². The third-order valence-corrected chi connectivity index (χ3v) is 11.1. The van der Waals surface area contributed by atoms with Crippen molar-refractivity contribution in [2.45, 2.75) is 0 Å². The van der Waals surface area contributed by atoms with E-state index in [4.69, 9.17) is 4.42 Å². The third kappa shape index (κ3) is 5.10. The van der Waals surface area contributed by atoms with E-state index < -0.39 is 0 Å². The van der Waals surface area contributed by atoms with Gasteiger partial charge in [0.15, 0.2) is 0 Å². The predicted molar refractivity (Wildman–Crippen MR) is 218 cm³/mol. The van der Waals surface area contributed by atoms with E-state index in [1.165, 1.54) is 42.4 Å². The van der Waals surface area contributed by atoms with Crippen LogP contribution in [-0.4, -0.2) is 0 Å². The molecule has 10 rings (SSSR count). The molecule has 0 aliphatic carbocycles. The Bertz CT molecular complexity index is 2790. The van der Waals surface area contributed by atoms with Crippen molar-refractivity contribution in [1.82, 2.24) is 0 Å². The zero-order valence-electron chi connectivity index (χ0n) is 27.7. The molecule has 3 heteroatoms. The summed E-state index contributed by atoms with van der Waals surface area (Å²) >= 11 is 1.87. The first-order chi connectivity index (χ1) is 25.3. The highest BCUT2D eigenvalue weighted by molar-refractivity contribution is 7.26. The van der Waals surface area contributed by atoms with Crippen molar-refractivity contribution in [3.63, 3.8) is 0 Å². The molecule has 0 spiro atoms. The van der Waals surface area contributed by atoms with Crippen molar-refractivity contribution in [3.05, 3.63) is 188 Å². The Labute approximate surface area is 300 Å². The number of fused-ring (bicyclic) bond motifs is 6. The zero-order valence-corrected chi connectivity index (χ0v) is 28.5. The molecule has 0 fully saturated rings. The van der Waals surface area contributed by atoms with Gasteiger partial charge < -0.3 is 9.32 Å². The van der Waals surface area contributed by atoms with Crippen LogP contribution in [0.5, 0.6) is 0 Å². The van der Waals surface area contributed by atoms with Crippen LogP contribution in [0, 0.1) is 0 Å². The molecule has 0 amide bonds. The second-order valence-corrected chi connectivity index (χ2v) is 14.0. The lowest BCUT2D eigenvalue weighted by molar-refractivity contribution is 0.669. The molecule has 2 aromatic heterocycles. The van der Waals surface area contributed by atoms with Gasteiger partial charge in [0.05, 0.1) is 11.1 Å². The summed E-state index contributed by atoms with van der Waals surface area (Å²) in [5.41, 5.74) is 12.1. The highest BCUT2D eigenvalue weighted by Crippen LogP contribution is 2.46. The zero-order chi connectivity index (χ0) is 33.7. The van der Waals surface area contributed by atoms with Crippen LogP contribution in [0.4, 0.5) is 17.1 Å². The van der Waals surface area contributed by atoms with Crippen LogP contribution in [0.1, 0.15) is 0 Å². The fraction of sp³-hybridized carbons (Fsp3) is 0. The minimum atomic E-state index is 0.870.